The Labute approximate surface area is 159 Å². The Morgan fingerprint density at radius 1 is 1.04 bits per heavy atom. The number of hydrogen-bond acceptors (Lipinski definition) is 4. The van der Waals surface area contributed by atoms with Crippen LogP contribution in [-0.4, -0.2) is 47.8 Å². The summed E-state index contributed by atoms with van der Waals surface area (Å²) in [7, 11) is 0. The summed E-state index contributed by atoms with van der Waals surface area (Å²) >= 11 is 0. The third-order valence-corrected chi connectivity index (χ3v) is 4.49. The molecule has 2 N–H and O–H groups in total. The van der Waals surface area contributed by atoms with E-state index in [2.05, 4.69) is 0 Å². The van der Waals surface area contributed by atoms with E-state index in [-0.39, 0.29) is 36.7 Å². The summed E-state index contributed by atoms with van der Waals surface area (Å²) in [4.78, 5) is 28.3. The second-order valence-electron chi connectivity index (χ2n) is 6.30. The van der Waals surface area contributed by atoms with Crippen molar-refractivity contribution in [2.24, 2.45) is 5.73 Å². The monoisotopic (exact) mass is 377 g/mol. The van der Waals surface area contributed by atoms with Gasteiger partial charge >= 0.3 is 0 Å². The van der Waals surface area contributed by atoms with E-state index in [4.69, 9.17) is 10.2 Å². The van der Waals surface area contributed by atoms with E-state index in [9.17, 15) is 9.59 Å². The van der Waals surface area contributed by atoms with E-state index in [1.165, 1.54) is 0 Å². The largest absolute Gasteiger partial charge is 0.456 e. The molecule has 0 aliphatic carbocycles. The molecular weight excluding hydrogens is 354 g/mol. The topological polar surface area (TPSA) is 79.8 Å². The first-order valence-electron chi connectivity index (χ1n) is 8.48. The number of hydrogen-bond donors (Lipinski definition) is 1. The van der Waals surface area contributed by atoms with Crippen LogP contribution in [0.1, 0.15) is 34.3 Å². The lowest BCUT2D eigenvalue weighted by Crippen LogP contribution is -2.50. The predicted molar refractivity (Wildman–Crippen MR) is 101 cm³/mol. The van der Waals surface area contributed by atoms with Crippen LogP contribution in [-0.2, 0) is 4.79 Å². The second-order valence-corrected chi connectivity index (χ2v) is 6.30. The van der Waals surface area contributed by atoms with Crippen LogP contribution in [0.2, 0.25) is 0 Å². The van der Waals surface area contributed by atoms with Gasteiger partial charge in [-0.2, -0.15) is 0 Å². The highest BCUT2D eigenvalue weighted by Gasteiger charge is 2.27. The molecule has 1 aliphatic heterocycles. The SMILES string of the molecule is Cc1ccc(C(=O)N2CCN(C(=O)CC(N)c3ccccc3)CC2)o1.Cl. The maximum Gasteiger partial charge on any atom is 0.289 e. The van der Waals surface area contributed by atoms with Gasteiger partial charge in [0.1, 0.15) is 5.76 Å². The summed E-state index contributed by atoms with van der Waals surface area (Å²) in [6.07, 6.45) is 0.273. The normalized spacial score (nSPS) is 15.3. The molecule has 0 spiro atoms. The minimum atomic E-state index is -0.306. The fraction of sp³-hybridized carbons (Fsp3) is 0.368. The highest BCUT2D eigenvalue weighted by molar-refractivity contribution is 5.91. The Balaban J connectivity index is 0.00000243. The highest BCUT2D eigenvalue weighted by Crippen LogP contribution is 2.17. The Hall–Kier alpha value is -2.31. The Morgan fingerprint density at radius 2 is 1.65 bits per heavy atom. The molecule has 26 heavy (non-hydrogen) atoms. The zero-order chi connectivity index (χ0) is 17.8. The van der Waals surface area contributed by atoms with E-state index >= 15 is 0 Å². The minimum Gasteiger partial charge on any atom is -0.456 e. The first-order valence-corrected chi connectivity index (χ1v) is 8.48. The molecule has 3 rings (SSSR count). The van der Waals surface area contributed by atoms with E-state index < -0.39 is 0 Å². The molecule has 2 amide bonds. The molecule has 1 fully saturated rings. The van der Waals surface area contributed by atoms with Gasteiger partial charge in [-0.05, 0) is 24.6 Å². The van der Waals surface area contributed by atoms with E-state index in [0.717, 1.165) is 5.56 Å². The van der Waals surface area contributed by atoms with Crippen LogP contribution < -0.4 is 5.73 Å². The number of carbonyl (C=O) groups is 2. The standard InChI is InChI=1S/C19H23N3O3.ClH/c1-14-7-8-17(25-14)19(24)22-11-9-21(10-12-22)18(23)13-16(20)15-5-3-2-4-6-15;/h2-8,16H,9-13,20H2,1H3;1H. The molecule has 1 aromatic heterocycles. The van der Waals surface area contributed by atoms with Gasteiger partial charge in [0.2, 0.25) is 5.91 Å². The van der Waals surface area contributed by atoms with Crippen LogP contribution in [0.15, 0.2) is 46.9 Å². The summed E-state index contributed by atoms with van der Waals surface area (Å²) in [5.74, 6) is 0.967. The van der Waals surface area contributed by atoms with Crippen molar-refractivity contribution in [3.8, 4) is 0 Å². The molecule has 0 bridgehead atoms. The lowest BCUT2D eigenvalue weighted by molar-refractivity contribution is -0.133. The molecule has 1 unspecified atom stereocenters. The van der Waals surface area contributed by atoms with Gasteiger partial charge in [-0.1, -0.05) is 30.3 Å². The third-order valence-electron chi connectivity index (χ3n) is 4.49. The van der Waals surface area contributed by atoms with Crippen LogP contribution in [0.3, 0.4) is 0 Å². The van der Waals surface area contributed by atoms with Crippen molar-refractivity contribution in [1.82, 2.24) is 9.80 Å². The van der Waals surface area contributed by atoms with Crippen LogP contribution in [0, 0.1) is 6.92 Å². The van der Waals surface area contributed by atoms with Crippen molar-refractivity contribution in [1.29, 1.82) is 0 Å². The first-order chi connectivity index (χ1) is 12.0. The number of aryl methyl sites for hydroxylation is 1. The number of benzene rings is 1. The average Bonchev–Trinajstić information content (AvgIpc) is 3.08. The molecule has 1 aromatic carbocycles. The maximum absolute atomic E-state index is 12.5. The van der Waals surface area contributed by atoms with Gasteiger partial charge in [-0.15, -0.1) is 12.4 Å². The van der Waals surface area contributed by atoms with Gasteiger partial charge in [-0.3, -0.25) is 9.59 Å². The number of piperazine rings is 1. The van der Waals surface area contributed by atoms with Crippen LogP contribution in [0.5, 0.6) is 0 Å². The van der Waals surface area contributed by atoms with Gasteiger partial charge in [-0.25, -0.2) is 0 Å². The fourth-order valence-corrected chi connectivity index (χ4v) is 3.00. The Morgan fingerprint density at radius 3 is 2.23 bits per heavy atom. The molecular formula is C19H24ClN3O3. The number of nitrogens with two attached hydrogens (primary N) is 1. The minimum absolute atomic E-state index is 0. The zero-order valence-corrected chi connectivity index (χ0v) is 15.6. The molecule has 0 radical (unpaired) electrons. The molecule has 1 aliphatic rings. The van der Waals surface area contributed by atoms with Crippen molar-refractivity contribution < 1.29 is 14.0 Å². The quantitative estimate of drug-likeness (QED) is 0.887. The number of rotatable bonds is 4. The van der Waals surface area contributed by atoms with Gasteiger partial charge in [0.25, 0.3) is 5.91 Å². The number of carbonyl (C=O) groups excluding carboxylic acids is 2. The van der Waals surface area contributed by atoms with Crippen LogP contribution in [0.4, 0.5) is 0 Å². The molecule has 1 saturated heterocycles. The summed E-state index contributed by atoms with van der Waals surface area (Å²) in [6.45, 7) is 3.86. The molecule has 140 valence electrons. The van der Waals surface area contributed by atoms with Crippen LogP contribution >= 0.6 is 12.4 Å². The van der Waals surface area contributed by atoms with Crippen molar-refractivity contribution >= 4 is 24.2 Å². The molecule has 7 heteroatoms. The third kappa shape index (κ3) is 4.65. The molecule has 0 saturated carbocycles. The predicted octanol–water partition coefficient (Wildman–Crippen LogP) is 2.38. The van der Waals surface area contributed by atoms with E-state index in [1.54, 1.807) is 21.9 Å². The van der Waals surface area contributed by atoms with E-state index in [0.29, 0.717) is 37.7 Å². The number of furan rings is 1. The van der Waals surface area contributed by atoms with Crippen LogP contribution in [0.25, 0.3) is 0 Å². The van der Waals surface area contributed by atoms with Crippen molar-refractivity contribution in [3.63, 3.8) is 0 Å². The lowest BCUT2D eigenvalue weighted by atomic mass is 10.0. The fourth-order valence-electron chi connectivity index (χ4n) is 3.00. The molecule has 6 nitrogen and oxygen atoms in total. The van der Waals surface area contributed by atoms with Gasteiger partial charge < -0.3 is 20.0 Å². The second kappa shape index (κ2) is 8.87. The zero-order valence-electron chi connectivity index (χ0n) is 14.8. The first kappa shape index (κ1) is 20.0. The highest BCUT2D eigenvalue weighted by atomic mass is 35.5. The summed E-state index contributed by atoms with van der Waals surface area (Å²) in [5, 5.41) is 0. The average molecular weight is 378 g/mol. The van der Waals surface area contributed by atoms with Crippen molar-refractivity contribution in [2.75, 3.05) is 26.2 Å². The number of halogens is 1. The lowest BCUT2D eigenvalue weighted by Gasteiger charge is -2.34. The Bertz CT molecular complexity index is 739. The van der Waals surface area contributed by atoms with Gasteiger partial charge in [0.15, 0.2) is 5.76 Å². The maximum atomic E-state index is 12.5. The summed E-state index contributed by atoms with van der Waals surface area (Å²) < 4.78 is 5.39. The number of nitrogens with zero attached hydrogens (tertiary/aromatic N) is 2. The van der Waals surface area contributed by atoms with Crippen molar-refractivity contribution in [3.05, 3.63) is 59.5 Å². The Kier molecular flexibility index (Phi) is 6.83. The van der Waals surface area contributed by atoms with E-state index in [1.807, 2.05) is 37.3 Å². The van der Waals surface area contributed by atoms with Gasteiger partial charge in [0.05, 0.1) is 0 Å². The molecule has 2 aromatic rings. The summed E-state index contributed by atoms with van der Waals surface area (Å²) in [5.41, 5.74) is 7.09. The number of amides is 2. The van der Waals surface area contributed by atoms with Gasteiger partial charge in [0, 0.05) is 38.6 Å². The smallest absolute Gasteiger partial charge is 0.289 e. The molecule has 2 heterocycles. The molecule has 1 atom stereocenters. The van der Waals surface area contributed by atoms with Crippen molar-refractivity contribution in [2.45, 2.75) is 19.4 Å². The summed E-state index contributed by atoms with van der Waals surface area (Å²) in [6, 6.07) is 12.8.